The van der Waals surface area contributed by atoms with Crippen molar-refractivity contribution in [1.29, 1.82) is 0 Å². The quantitative estimate of drug-likeness (QED) is 0.554. The Morgan fingerprint density at radius 3 is 2.50 bits per heavy atom. The Kier molecular flexibility index (Phi) is 7.12. The molecule has 1 amide bonds. The molecule has 0 spiro atoms. The van der Waals surface area contributed by atoms with Crippen molar-refractivity contribution in [3.05, 3.63) is 65.0 Å². The third-order valence-electron chi connectivity index (χ3n) is 4.69. The zero-order valence-electron chi connectivity index (χ0n) is 18.0. The largest absolute Gasteiger partial charge is 0.490 e. The van der Waals surface area contributed by atoms with Gasteiger partial charge in [-0.2, -0.15) is 0 Å². The van der Waals surface area contributed by atoms with E-state index in [4.69, 9.17) is 13.9 Å². The van der Waals surface area contributed by atoms with E-state index in [1.54, 1.807) is 6.92 Å². The van der Waals surface area contributed by atoms with Gasteiger partial charge in [0.1, 0.15) is 5.76 Å². The van der Waals surface area contributed by atoms with E-state index in [2.05, 4.69) is 10.3 Å². The molecule has 0 aliphatic heterocycles. The van der Waals surface area contributed by atoms with E-state index in [0.717, 1.165) is 28.2 Å². The maximum Gasteiger partial charge on any atom is 0.273 e. The highest BCUT2D eigenvalue weighted by Crippen LogP contribution is 2.29. The Hall–Kier alpha value is -3.28. The number of hydrogen-bond acceptors (Lipinski definition) is 5. The highest BCUT2D eigenvalue weighted by atomic mass is 16.5. The first-order valence-electron chi connectivity index (χ1n) is 10.2. The standard InChI is InChI=1S/C24H28N2O4/c1-5-28-20-12-11-18(15-21(20)29-6-2)13-14-25-23(27)22-17(4)30-24(26-22)19-10-8-7-9-16(19)3/h7-12,15H,5-6,13-14H2,1-4H3,(H,25,27). The minimum absolute atomic E-state index is 0.243. The number of amides is 1. The molecule has 0 saturated heterocycles. The van der Waals surface area contributed by atoms with Gasteiger partial charge in [0.2, 0.25) is 5.89 Å². The van der Waals surface area contributed by atoms with Gasteiger partial charge in [-0.3, -0.25) is 4.79 Å². The summed E-state index contributed by atoms with van der Waals surface area (Å²) < 4.78 is 17.0. The fraction of sp³-hybridized carbons (Fsp3) is 0.333. The lowest BCUT2D eigenvalue weighted by Crippen LogP contribution is -2.26. The van der Waals surface area contributed by atoms with Crippen LogP contribution in [0, 0.1) is 13.8 Å². The SMILES string of the molecule is CCOc1ccc(CCNC(=O)c2nc(-c3ccccc3C)oc2C)cc1OCC. The molecule has 0 radical (unpaired) electrons. The van der Waals surface area contributed by atoms with Crippen molar-refractivity contribution in [2.75, 3.05) is 19.8 Å². The molecule has 1 aromatic heterocycles. The van der Waals surface area contributed by atoms with Crippen LogP contribution in [-0.4, -0.2) is 30.6 Å². The number of carbonyl (C=O) groups excluding carboxylic acids is 1. The van der Waals surface area contributed by atoms with Crippen LogP contribution < -0.4 is 14.8 Å². The number of benzene rings is 2. The molecule has 3 rings (SSSR count). The maximum atomic E-state index is 12.6. The van der Waals surface area contributed by atoms with Gasteiger partial charge in [-0.1, -0.05) is 24.3 Å². The number of nitrogens with one attached hydrogen (secondary N) is 1. The molecule has 0 fully saturated rings. The smallest absolute Gasteiger partial charge is 0.273 e. The van der Waals surface area contributed by atoms with Crippen molar-refractivity contribution in [1.82, 2.24) is 10.3 Å². The van der Waals surface area contributed by atoms with E-state index in [-0.39, 0.29) is 5.91 Å². The molecule has 0 bridgehead atoms. The van der Waals surface area contributed by atoms with Gasteiger partial charge in [0.05, 0.1) is 13.2 Å². The van der Waals surface area contributed by atoms with Crippen molar-refractivity contribution in [2.24, 2.45) is 0 Å². The molecule has 3 aromatic rings. The number of nitrogens with zero attached hydrogens (tertiary/aromatic N) is 1. The summed E-state index contributed by atoms with van der Waals surface area (Å²) in [6.45, 7) is 9.24. The maximum absolute atomic E-state index is 12.6. The summed E-state index contributed by atoms with van der Waals surface area (Å²) in [7, 11) is 0. The lowest BCUT2D eigenvalue weighted by atomic mass is 10.1. The van der Waals surface area contributed by atoms with Crippen molar-refractivity contribution in [3.8, 4) is 23.0 Å². The highest BCUT2D eigenvalue weighted by molar-refractivity contribution is 5.93. The molecule has 30 heavy (non-hydrogen) atoms. The number of ether oxygens (including phenoxy) is 2. The predicted molar refractivity (Wildman–Crippen MR) is 116 cm³/mol. The van der Waals surface area contributed by atoms with Crippen LogP contribution in [0.4, 0.5) is 0 Å². The number of aromatic nitrogens is 1. The van der Waals surface area contributed by atoms with Gasteiger partial charge in [0, 0.05) is 12.1 Å². The summed E-state index contributed by atoms with van der Waals surface area (Å²) in [5, 5.41) is 2.93. The number of hydrogen-bond donors (Lipinski definition) is 1. The average molecular weight is 408 g/mol. The van der Waals surface area contributed by atoms with Crippen LogP contribution in [0.3, 0.4) is 0 Å². The van der Waals surface area contributed by atoms with Crippen molar-refractivity contribution < 1.29 is 18.7 Å². The van der Waals surface area contributed by atoms with E-state index in [0.29, 0.717) is 43.5 Å². The monoisotopic (exact) mass is 408 g/mol. The molecule has 0 unspecified atom stereocenters. The van der Waals surface area contributed by atoms with Gasteiger partial charge in [0.25, 0.3) is 5.91 Å². The Balaban J connectivity index is 1.64. The minimum atomic E-state index is -0.243. The Morgan fingerprint density at radius 2 is 1.77 bits per heavy atom. The van der Waals surface area contributed by atoms with Crippen LogP contribution in [0.15, 0.2) is 46.9 Å². The zero-order chi connectivity index (χ0) is 21.5. The zero-order valence-corrected chi connectivity index (χ0v) is 18.0. The first-order valence-corrected chi connectivity index (χ1v) is 10.2. The predicted octanol–water partition coefficient (Wildman–Crippen LogP) is 4.73. The van der Waals surface area contributed by atoms with Gasteiger partial charge < -0.3 is 19.2 Å². The number of rotatable bonds is 9. The molecule has 6 nitrogen and oxygen atoms in total. The van der Waals surface area contributed by atoms with Crippen molar-refractivity contribution >= 4 is 5.91 Å². The number of aryl methyl sites for hydroxylation is 2. The second-order valence-corrected chi connectivity index (χ2v) is 6.89. The van der Waals surface area contributed by atoms with E-state index >= 15 is 0 Å². The topological polar surface area (TPSA) is 73.6 Å². The van der Waals surface area contributed by atoms with E-state index in [1.807, 2.05) is 63.2 Å². The summed E-state index contributed by atoms with van der Waals surface area (Å²) in [6.07, 6.45) is 0.666. The second kappa shape index (κ2) is 9.96. The lowest BCUT2D eigenvalue weighted by molar-refractivity contribution is 0.0948. The van der Waals surface area contributed by atoms with Gasteiger partial charge in [0.15, 0.2) is 17.2 Å². The van der Waals surface area contributed by atoms with Gasteiger partial charge in [-0.25, -0.2) is 4.98 Å². The van der Waals surface area contributed by atoms with Crippen LogP contribution in [0.2, 0.25) is 0 Å². The molecule has 0 aliphatic rings. The van der Waals surface area contributed by atoms with Crippen LogP contribution in [0.5, 0.6) is 11.5 Å². The molecule has 0 atom stereocenters. The van der Waals surface area contributed by atoms with Crippen LogP contribution in [0.25, 0.3) is 11.5 Å². The van der Waals surface area contributed by atoms with E-state index < -0.39 is 0 Å². The normalized spacial score (nSPS) is 10.7. The summed E-state index contributed by atoms with van der Waals surface area (Å²) in [6, 6.07) is 13.7. The third-order valence-corrected chi connectivity index (χ3v) is 4.69. The van der Waals surface area contributed by atoms with Crippen molar-refractivity contribution in [2.45, 2.75) is 34.1 Å². The molecule has 158 valence electrons. The fourth-order valence-corrected chi connectivity index (χ4v) is 3.19. The highest BCUT2D eigenvalue weighted by Gasteiger charge is 2.18. The van der Waals surface area contributed by atoms with Gasteiger partial charge >= 0.3 is 0 Å². The van der Waals surface area contributed by atoms with Gasteiger partial charge in [-0.15, -0.1) is 0 Å². The van der Waals surface area contributed by atoms with Gasteiger partial charge in [-0.05, 0) is 63.4 Å². The first-order chi connectivity index (χ1) is 14.5. The Morgan fingerprint density at radius 1 is 1.03 bits per heavy atom. The average Bonchev–Trinajstić information content (AvgIpc) is 3.12. The van der Waals surface area contributed by atoms with Crippen LogP contribution in [-0.2, 0) is 6.42 Å². The van der Waals surface area contributed by atoms with E-state index in [1.165, 1.54) is 0 Å². The van der Waals surface area contributed by atoms with E-state index in [9.17, 15) is 4.79 Å². The molecular weight excluding hydrogens is 380 g/mol. The summed E-state index contributed by atoms with van der Waals surface area (Å²) in [4.78, 5) is 17.0. The molecule has 0 saturated carbocycles. The minimum Gasteiger partial charge on any atom is -0.490 e. The molecule has 0 aliphatic carbocycles. The van der Waals surface area contributed by atoms with Crippen molar-refractivity contribution in [3.63, 3.8) is 0 Å². The second-order valence-electron chi connectivity index (χ2n) is 6.89. The lowest BCUT2D eigenvalue weighted by Gasteiger charge is -2.12. The Bertz CT molecular complexity index is 1010. The number of oxazole rings is 1. The molecular formula is C24H28N2O4. The molecule has 1 heterocycles. The third kappa shape index (κ3) is 5.00. The summed E-state index contributed by atoms with van der Waals surface area (Å²) in [5.74, 6) is 2.17. The number of carbonyl (C=O) groups is 1. The summed E-state index contributed by atoms with van der Waals surface area (Å²) >= 11 is 0. The molecule has 1 N–H and O–H groups in total. The van der Waals surface area contributed by atoms with Crippen LogP contribution >= 0.6 is 0 Å². The molecule has 2 aromatic carbocycles. The van der Waals surface area contributed by atoms with Crippen LogP contribution in [0.1, 0.15) is 41.2 Å². The summed E-state index contributed by atoms with van der Waals surface area (Å²) in [5.41, 5.74) is 3.30. The fourth-order valence-electron chi connectivity index (χ4n) is 3.19. The first kappa shape index (κ1) is 21.4. The molecule has 6 heteroatoms. The Labute approximate surface area is 177 Å².